The van der Waals surface area contributed by atoms with Crippen LogP contribution >= 0.6 is 23.2 Å². The second-order valence-electron chi connectivity index (χ2n) is 8.20. The Balaban J connectivity index is 1.62. The van der Waals surface area contributed by atoms with Crippen molar-refractivity contribution >= 4 is 52.5 Å². The van der Waals surface area contributed by atoms with Gasteiger partial charge in [0.05, 0.1) is 29.1 Å². The molecule has 2 aromatic rings. The second kappa shape index (κ2) is 7.30. The van der Waals surface area contributed by atoms with Crippen LogP contribution < -0.4 is 16.4 Å². The maximum absolute atomic E-state index is 13.6. The summed E-state index contributed by atoms with van der Waals surface area (Å²) < 4.78 is 0. The predicted octanol–water partition coefficient (Wildman–Crippen LogP) is 1.79. The highest BCUT2D eigenvalue weighted by Crippen LogP contribution is 2.54. The van der Waals surface area contributed by atoms with E-state index < -0.39 is 47.0 Å². The molecular formula is C22H18Cl2N4O4. The lowest BCUT2D eigenvalue weighted by molar-refractivity contribution is -0.143. The lowest BCUT2D eigenvalue weighted by Gasteiger charge is -2.29. The highest BCUT2D eigenvalue weighted by atomic mass is 35.5. The van der Waals surface area contributed by atoms with Crippen LogP contribution in [0.4, 0.5) is 5.69 Å². The van der Waals surface area contributed by atoms with Crippen LogP contribution in [-0.4, -0.2) is 34.6 Å². The van der Waals surface area contributed by atoms with Crippen LogP contribution in [-0.2, 0) is 31.3 Å². The normalized spacial score (nSPS) is 28.2. The maximum atomic E-state index is 13.6. The Kier molecular flexibility index (Phi) is 4.77. The number of likely N-dealkylation sites (tertiary alicyclic amines) is 1. The summed E-state index contributed by atoms with van der Waals surface area (Å²) in [6, 6.07) is 11.1. The fourth-order valence-electron chi connectivity index (χ4n) is 5.20. The molecule has 4 atom stereocenters. The van der Waals surface area contributed by atoms with E-state index in [4.69, 9.17) is 28.9 Å². The van der Waals surface area contributed by atoms with Crippen LogP contribution in [0.25, 0.3) is 0 Å². The third-order valence-corrected chi connectivity index (χ3v) is 7.18. The number of benzene rings is 2. The number of nitrogens with one attached hydrogen (secondary N) is 2. The van der Waals surface area contributed by atoms with Crippen molar-refractivity contribution in [2.45, 2.75) is 24.5 Å². The lowest BCUT2D eigenvalue weighted by Crippen LogP contribution is -2.53. The van der Waals surface area contributed by atoms with E-state index in [9.17, 15) is 19.2 Å². The van der Waals surface area contributed by atoms with E-state index >= 15 is 0 Å². The van der Waals surface area contributed by atoms with Gasteiger partial charge in [-0.05, 0) is 17.7 Å². The van der Waals surface area contributed by atoms with Crippen molar-refractivity contribution in [1.82, 2.24) is 10.2 Å². The third kappa shape index (κ3) is 2.80. The minimum absolute atomic E-state index is 0.0340. The molecule has 10 heteroatoms. The SMILES string of the molecule is NC(=O)C[C@H]1N[C@@]2(C(=O)Nc3c(Cl)cccc32)[C@@H]2C(=O)N(Cc3ccccc3Cl)C(=O)[C@@H]21. The van der Waals surface area contributed by atoms with Crippen molar-refractivity contribution in [1.29, 1.82) is 0 Å². The molecule has 0 radical (unpaired) electrons. The number of anilines is 1. The van der Waals surface area contributed by atoms with Gasteiger partial charge in [-0.2, -0.15) is 0 Å². The molecule has 1 spiro atoms. The van der Waals surface area contributed by atoms with E-state index in [0.717, 1.165) is 4.90 Å². The highest BCUT2D eigenvalue weighted by molar-refractivity contribution is 6.35. The molecule has 3 aliphatic rings. The first kappa shape index (κ1) is 20.9. The molecule has 0 bridgehead atoms. The third-order valence-electron chi connectivity index (χ3n) is 6.50. The Bertz CT molecular complexity index is 1200. The second-order valence-corrected chi connectivity index (χ2v) is 9.02. The first-order valence-corrected chi connectivity index (χ1v) is 10.8. The Morgan fingerprint density at radius 3 is 2.47 bits per heavy atom. The number of hydrogen-bond acceptors (Lipinski definition) is 5. The van der Waals surface area contributed by atoms with Crippen molar-refractivity contribution in [3.05, 3.63) is 63.6 Å². The molecule has 4 N–H and O–H groups in total. The summed E-state index contributed by atoms with van der Waals surface area (Å²) in [5.74, 6) is -4.12. The van der Waals surface area contributed by atoms with E-state index in [1.54, 1.807) is 42.5 Å². The van der Waals surface area contributed by atoms with E-state index in [-0.39, 0.29) is 13.0 Å². The topological polar surface area (TPSA) is 122 Å². The van der Waals surface area contributed by atoms with Crippen LogP contribution in [0.15, 0.2) is 42.5 Å². The fraction of sp³-hybridized carbons (Fsp3) is 0.273. The average Bonchev–Trinajstić information content (AvgIpc) is 3.31. The number of primary amides is 1. The van der Waals surface area contributed by atoms with Gasteiger partial charge < -0.3 is 11.1 Å². The summed E-state index contributed by atoms with van der Waals surface area (Å²) in [4.78, 5) is 53.3. The van der Waals surface area contributed by atoms with Gasteiger partial charge in [-0.3, -0.25) is 29.4 Å². The van der Waals surface area contributed by atoms with Gasteiger partial charge in [-0.15, -0.1) is 0 Å². The molecule has 4 amide bonds. The molecule has 0 aliphatic carbocycles. The number of imide groups is 1. The largest absolute Gasteiger partial charge is 0.370 e. The molecular weight excluding hydrogens is 455 g/mol. The number of rotatable bonds is 4. The Morgan fingerprint density at radius 1 is 1.03 bits per heavy atom. The molecule has 0 saturated carbocycles. The van der Waals surface area contributed by atoms with Gasteiger partial charge in [0, 0.05) is 23.0 Å². The maximum Gasteiger partial charge on any atom is 0.250 e. The van der Waals surface area contributed by atoms with Gasteiger partial charge in [0.15, 0.2) is 0 Å². The van der Waals surface area contributed by atoms with E-state index in [2.05, 4.69) is 10.6 Å². The summed E-state index contributed by atoms with van der Waals surface area (Å²) in [5, 5.41) is 6.60. The minimum Gasteiger partial charge on any atom is -0.370 e. The molecule has 5 rings (SSSR count). The number of fused-ring (bicyclic) bond motifs is 4. The molecule has 3 aliphatic heterocycles. The van der Waals surface area contributed by atoms with Gasteiger partial charge in [0.1, 0.15) is 5.54 Å². The van der Waals surface area contributed by atoms with Gasteiger partial charge in [-0.1, -0.05) is 53.5 Å². The number of nitrogens with two attached hydrogens (primary N) is 1. The minimum atomic E-state index is -1.53. The zero-order valence-corrected chi connectivity index (χ0v) is 18.1. The Morgan fingerprint density at radius 2 is 1.75 bits per heavy atom. The number of carbonyl (C=O) groups is 4. The standard InChI is InChI=1S/C22H18Cl2N4O4/c23-12-6-2-1-4-10(12)9-28-19(30)16-14(8-15(25)29)27-22(17(16)20(28)31)11-5-3-7-13(24)18(11)26-21(22)32/h1-7,14,16-17,27H,8-9H2,(H2,25,29)(H,26,32)/t14-,16-,17+,22-/m1/s1. The molecule has 2 fully saturated rings. The summed E-state index contributed by atoms with van der Waals surface area (Å²) in [6.07, 6.45) is -0.203. The van der Waals surface area contributed by atoms with Crippen LogP contribution in [0.3, 0.4) is 0 Å². The lowest BCUT2D eigenvalue weighted by atomic mass is 9.76. The first-order chi connectivity index (χ1) is 15.3. The smallest absolute Gasteiger partial charge is 0.250 e. The van der Waals surface area contributed by atoms with Crippen molar-refractivity contribution < 1.29 is 19.2 Å². The number of carbonyl (C=O) groups excluding carboxylic acids is 4. The van der Waals surface area contributed by atoms with Crippen LogP contribution in [0, 0.1) is 11.8 Å². The molecule has 32 heavy (non-hydrogen) atoms. The predicted molar refractivity (Wildman–Crippen MR) is 116 cm³/mol. The van der Waals surface area contributed by atoms with Crippen LogP contribution in [0.1, 0.15) is 17.5 Å². The quantitative estimate of drug-likeness (QED) is 0.585. The average molecular weight is 473 g/mol. The van der Waals surface area contributed by atoms with Gasteiger partial charge >= 0.3 is 0 Å². The molecule has 0 aromatic heterocycles. The van der Waals surface area contributed by atoms with Crippen molar-refractivity contribution in [3.8, 4) is 0 Å². The molecule has 0 unspecified atom stereocenters. The van der Waals surface area contributed by atoms with Gasteiger partial charge in [0.25, 0.3) is 0 Å². The molecule has 8 nitrogen and oxygen atoms in total. The molecule has 3 heterocycles. The number of para-hydroxylation sites is 1. The summed E-state index contributed by atoms with van der Waals surface area (Å²) >= 11 is 12.5. The van der Waals surface area contributed by atoms with E-state index in [1.807, 2.05) is 0 Å². The van der Waals surface area contributed by atoms with E-state index in [0.29, 0.717) is 26.9 Å². The van der Waals surface area contributed by atoms with Crippen LogP contribution in [0.2, 0.25) is 10.0 Å². The first-order valence-electron chi connectivity index (χ1n) is 10.0. The molecule has 2 saturated heterocycles. The van der Waals surface area contributed by atoms with Crippen molar-refractivity contribution in [2.24, 2.45) is 17.6 Å². The van der Waals surface area contributed by atoms with Crippen molar-refractivity contribution in [3.63, 3.8) is 0 Å². The zero-order valence-electron chi connectivity index (χ0n) is 16.6. The van der Waals surface area contributed by atoms with Gasteiger partial charge in [0.2, 0.25) is 23.6 Å². The summed E-state index contributed by atoms with van der Waals surface area (Å²) in [5.41, 5.74) is 5.35. The van der Waals surface area contributed by atoms with E-state index in [1.165, 1.54) is 0 Å². The Labute approximate surface area is 193 Å². The number of nitrogens with zero attached hydrogens (tertiary/aromatic N) is 1. The van der Waals surface area contributed by atoms with Crippen LogP contribution in [0.5, 0.6) is 0 Å². The molecule has 2 aromatic carbocycles. The van der Waals surface area contributed by atoms with Crippen molar-refractivity contribution in [2.75, 3.05) is 5.32 Å². The Hall–Kier alpha value is -2.94. The number of hydrogen-bond donors (Lipinski definition) is 3. The number of halogens is 2. The highest BCUT2D eigenvalue weighted by Gasteiger charge is 2.70. The van der Waals surface area contributed by atoms with Gasteiger partial charge in [-0.25, -0.2) is 0 Å². The molecule has 164 valence electrons. The number of amides is 4. The summed E-state index contributed by atoms with van der Waals surface area (Å²) in [7, 11) is 0. The summed E-state index contributed by atoms with van der Waals surface area (Å²) in [6.45, 7) is -0.0340. The fourth-order valence-corrected chi connectivity index (χ4v) is 5.61. The monoisotopic (exact) mass is 472 g/mol. The zero-order chi connectivity index (χ0) is 22.8.